The Hall–Kier alpha value is -3.52. The molecule has 34 heavy (non-hydrogen) atoms. The van der Waals surface area contributed by atoms with E-state index in [-0.39, 0.29) is 12.5 Å². The van der Waals surface area contributed by atoms with Crippen LogP contribution in [-0.2, 0) is 23.0 Å². The maximum atomic E-state index is 12.6. The molecule has 3 aromatic rings. The molecule has 0 bridgehead atoms. The van der Waals surface area contributed by atoms with Crippen molar-refractivity contribution in [1.82, 2.24) is 5.32 Å². The average Bonchev–Trinajstić information content (AvgIpc) is 2.83. The first-order chi connectivity index (χ1) is 16.2. The highest BCUT2D eigenvalue weighted by molar-refractivity contribution is 7.92. The third-order valence-electron chi connectivity index (χ3n) is 5.41. The highest BCUT2D eigenvalue weighted by atomic mass is 32.2. The molecule has 0 saturated carbocycles. The lowest BCUT2D eigenvalue weighted by Crippen LogP contribution is -2.29. The zero-order valence-electron chi connectivity index (χ0n) is 19.9. The molecular weight excluding hydrogens is 452 g/mol. The van der Waals surface area contributed by atoms with Crippen LogP contribution in [0.2, 0.25) is 0 Å². The van der Waals surface area contributed by atoms with Gasteiger partial charge in [0.1, 0.15) is 0 Å². The summed E-state index contributed by atoms with van der Waals surface area (Å²) >= 11 is 0. The molecule has 0 aliphatic heterocycles. The highest BCUT2D eigenvalue weighted by Gasteiger charge is 2.18. The predicted octanol–water partition coefficient (Wildman–Crippen LogP) is 3.95. The van der Waals surface area contributed by atoms with Crippen molar-refractivity contribution in [2.75, 3.05) is 31.3 Å². The largest absolute Gasteiger partial charge is 0.493 e. The van der Waals surface area contributed by atoms with Crippen LogP contribution in [0, 0.1) is 6.92 Å². The molecular formula is C26H30N2O5S. The first kappa shape index (κ1) is 25.1. The number of aryl methyl sites for hydroxylation is 1. The Morgan fingerprint density at radius 1 is 0.882 bits per heavy atom. The summed E-state index contributed by atoms with van der Waals surface area (Å²) in [6.07, 6.45) is 1.80. The summed E-state index contributed by atoms with van der Waals surface area (Å²) in [6.45, 7) is 2.64. The van der Waals surface area contributed by atoms with Crippen LogP contribution in [0.25, 0.3) is 0 Å². The number of sulfonamides is 1. The maximum Gasteiger partial charge on any atom is 0.251 e. The molecule has 1 amide bonds. The third-order valence-corrected chi connectivity index (χ3v) is 6.55. The van der Waals surface area contributed by atoms with Crippen molar-refractivity contribution in [2.45, 2.75) is 19.9 Å². The van der Waals surface area contributed by atoms with Crippen molar-refractivity contribution < 1.29 is 22.7 Å². The molecule has 0 aliphatic rings. The van der Waals surface area contributed by atoms with Crippen LogP contribution < -0.4 is 19.1 Å². The van der Waals surface area contributed by atoms with E-state index in [2.05, 4.69) is 5.32 Å². The number of carbonyl (C=O) groups excluding carboxylic acids is 1. The number of carbonyl (C=O) groups is 1. The Balaban J connectivity index is 1.64. The standard InChI is InChI=1S/C26H30N2O5S/c1-19-5-7-21(8-6-19)18-28(34(4,30)31)23-12-10-22(11-13-23)26(29)27-16-15-20-9-14-24(32-2)25(17-20)33-3/h5-14,17H,15-16,18H2,1-4H3,(H,27,29). The summed E-state index contributed by atoms with van der Waals surface area (Å²) in [4.78, 5) is 12.6. The quantitative estimate of drug-likeness (QED) is 0.473. The van der Waals surface area contributed by atoms with Gasteiger partial charge in [-0.25, -0.2) is 8.42 Å². The number of anilines is 1. The number of hydrogen-bond donors (Lipinski definition) is 1. The molecule has 3 rings (SSSR count). The predicted molar refractivity (Wildman–Crippen MR) is 134 cm³/mol. The maximum absolute atomic E-state index is 12.6. The average molecular weight is 483 g/mol. The fraction of sp³-hybridized carbons (Fsp3) is 0.269. The van der Waals surface area contributed by atoms with Crippen molar-refractivity contribution in [3.8, 4) is 11.5 Å². The summed E-state index contributed by atoms with van der Waals surface area (Å²) in [7, 11) is -0.335. The first-order valence-electron chi connectivity index (χ1n) is 10.8. The van der Waals surface area contributed by atoms with Gasteiger partial charge in [0, 0.05) is 12.1 Å². The SMILES string of the molecule is COc1ccc(CCNC(=O)c2ccc(N(Cc3ccc(C)cc3)S(C)(=O)=O)cc2)cc1OC. The van der Waals surface area contributed by atoms with Gasteiger partial charge in [-0.1, -0.05) is 35.9 Å². The number of nitrogens with zero attached hydrogens (tertiary/aromatic N) is 1. The fourth-order valence-corrected chi connectivity index (χ4v) is 4.39. The van der Waals surface area contributed by atoms with Gasteiger partial charge in [-0.05, 0) is 60.9 Å². The van der Waals surface area contributed by atoms with Crippen LogP contribution in [0.1, 0.15) is 27.0 Å². The lowest BCUT2D eigenvalue weighted by Gasteiger charge is -2.23. The van der Waals surface area contributed by atoms with E-state index in [0.717, 1.165) is 16.7 Å². The Bertz CT molecular complexity index is 1220. The van der Waals surface area contributed by atoms with Crippen molar-refractivity contribution in [2.24, 2.45) is 0 Å². The van der Waals surface area contributed by atoms with Crippen molar-refractivity contribution in [3.05, 3.63) is 89.0 Å². The van der Waals surface area contributed by atoms with Crippen LogP contribution in [0.3, 0.4) is 0 Å². The molecule has 0 aromatic heterocycles. The summed E-state index contributed by atoms with van der Waals surface area (Å²) in [5, 5.41) is 2.89. The fourth-order valence-electron chi connectivity index (χ4n) is 3.50. The molecule has 1 N–H and O–H groups in total. The number of ether oxygens (including phenoxy) is 2. The topological polar surface area (TPSA) is 84.9 Å². The van der Waals surface area contributed by atoms with Crippen LogP contribution in [-0.4, -0.2) is 41.3 Å². The van der Waals surface area contributed by atoms with Crippen LogP contribution >= 0.6 is 0 Å². The van der Waals surface area contributed by atoms with Crippen LogP contribution in [0.15, 0.2) is 66.7 Å². The normalized spacial score (nSPS) is 11.1. The zero-order valence-corrected chi connectivity index (χ0v) is 20.7. The number of hydrogen-bond acceptors (Lipinski definition) is 5. The van der Waals surface area contributed by atoms with Crippen LogP contribution in [0.5, 0.6) is 11.5 Å². The third kappa shape index (κ3) is 6.51. The van der Waals surface area contributed by atoms with E-state index in [1.54, 1.807) is 38.5 Å². The van der Waals surface area contributed by atoms with Crippen LogP contribution in [0.4, 0.5) is 5.69 Å². The second kappa shape index (κ2) is 11.1. The number of amides is 1. The lowest BCUT2D eigenvalue weighted by molar-refractivity contribution is 0.0954. The summed E-state index contributed by atoms with van der Waals surface area (Å²) in [5.41, 5.74) is 3.96. The molecule has 180 valence electrons. The minimum absolute atomic E-state index is 0.218. The molecule has 0 fully saturated rings. The van der Waals surface area contributed by atoms with E-state index in [4.69, 9.17) is 9.47 Å². The molecule has 7 nitrogen and oxygen atoms in total. The van der Waals surface area contributed by atoms with Gasteiger partial charge in [0.15, 0.2) is 11.5 Å². The molecule has 8 heteroatoms. The molecule has 0 unspecified atom stereocenters. The van der Waals surface area contributed by atoms with Gasteiger partial charge in [-0.3, -0.25) is 9.10 Å². The van der Waals surface area contributed by atoms with E-state index in [1.165, 1.54) is 10.6 Å². The molecule has 0 atom stereocenters. The van der Waals surface area contributed by atoms with E-state index in [9.17, 15) is 13.2 Å². The lowest BCUT2D eigenvalue weighted by atomic mass is 10.1. The molecule has 0 spiro atoms. The minimum atomic E-state index is -3.50. The Kier molecular flexibility index (Phi) is 8.17. The van der Waals surface area contributed by atoms with Crippen molar-refractivity contribution in [1.29, 1.82) is 0 Å². The van der Waals surface area contributed by atoms with Gasteiger partial charge in [0.05, 0.1) is 32.7 Å². The van der Waals surface area contributed by atoms with Gasteiger partial charge < -0.3 is 14.8 Å². The van der Waals surface area contributed by atoms with Gasteiger partial charge in [0.2, 0.25) is 10.0 Å². The smallest absolute Gasteiger partial charge is 0.251 e. The molecule has 0 saturated heterocycles. The van der Waals surface area contributed by atoms with Crippen molar-refractivity contribution in [3.63, 3.8) is 0 Å². The number of nitrogens with one attached hydrogen (secondary N) is 1. The van der Waals surface area contributed by atoms with Crippen molar-refractivity contribution >= 4 is 21.6 Å². The van der Waals surface area contributed by atoms with Gasteiger partial charge in [-0.2, -0.15) is 0 Å². The van der Waals surface area contributed by atoms with E-state index >= 15 is 0 Å². The minimum Gasteiger partial charge on any atom is -0.493 e. The summed E-state index contributed by atoms with van der Waals surface area (Å²) in [5.74, 6) is 1.07. The van der Waals surface area contributed by atoms with Gasteiger partial charge in [-0.15, -0.1) is 0 Å². The molecule has 0 aliphatic carbocycles. The highest BCUT2D eigenvalue weighted by Crippen LogP contribution is 2.27. The zero-order chi connectivity index (χ0) is 24.7. The Morgan fingerprint density at radius 2 is 1.50 bits per heavy atom. The molecule has 3 aromatic carbocycles. The van der Waals surface area contributed by atoms with Gasteiger partial charge >= 0.3 is 0 Å². The molecule has 0 heterocycles. The van der Waals surface area contributed by atoms with Gasteiger partial charge in [0.25, 0.3) is 5.91 Å². The first-order valence-corrected chi connectivity index (χ1v) is 12.7. The second-order valence-electron chi connectivity index (χ2n) is 8.00. The van der Waals surface area contributed by atoms with E-state index < -0.39 is 10.0 Å². The number of benzene rings is 3. The van der Waals surface area contributed by atoms with E-state index in [1.807, 2.05) is 49.4 Å². The monoisotopic (exact) mass is 482 g/mol. The van der Waals surface area contributed by atoms with E-state index in [0.29, 0.717) is 35.7 Å². The number of methoxy groups -OCH3 is 2. The number of rotatable bonds is 10. The summed E-state index contributed by atoms with van der Waals surface area (Å²) < 4.78 is 36.7. The molecule has 0 radical (unpaired) electrons. The second-order valence-corrected chi connectivity index (χ2v) is 9.90. The Morgan fingerprint density at radius 3 is 2.09 bits per heavy atom. The Labute approximate surface area is 201 Å². The summed E-state index contributed by atoms with van der Waals surface area (Å²) in [6, 6.07) is 19.9.